The molecule has 0 aliphatic heterocycles. The first-order valence-electron chi connectivity index (χ1n) is 12.5. The van der Waals surface area contributed by atoms with Crippen molar-refractivity contribution in [3.63, 3.8) is 0 Å². The van der Waals surface area contributed by atoms with Crippen molar-refractivity contribution in [3.05, 3.63) is 71.8 Å². The molecule has 0 N–H and O–H groups in total. The van der Waals surface area contributed by atoms with Crippen molar-refractivity contribution in [2.75, 3.05) is 14.2 Å². The number of ether oxygens (including phenoxy) is 4. The lowest BCUT2D eigenvalue weighted by Crippen LogP contribution is -2.08. The normalized spacial score (nSPS) is 11.3. The zero-order valence-electron chi connectivity index (χ0n) is 22.6. The van der Waals surface area contributed by atoms with Crippen molar-refractivity contribution in [1.82, 2.24) is 0 Å². The molecule has 36 heavy (non-hydrogen) atoms. The Morgan fingerprint density at radius 2 is 0.917 bits per heavy atom. The highest BCUT2D eigenvalue weighted by atomic mass is 16.5. The molecule has 0 heterocycles. The molecule has 0 amide bonds. The molecule has 4 nitrogen and oxygen atoms in total. The predicted molar refractivity (Wildman–Crippen MR) is 149 cm³/mol. The molecular formula is C32H36O4. The Balaban J connectivity index is 2.14. The molecule has 4 rings (SSSR count). The molecule has 0 atom stereocenters. The van der Waals surface area contributed by atoms with Gasteiger partial charge in [-0.15, -0.1) is 0 Å². The van der Waals surface area contributed by atoms with Gasteiger partial charge in [0.15, 0.2) is 0 Å². The predicted octanol–water partition coefficient (Wildman–Crippen LogP) is 8.38. The Labute approximate surface area is 214 Å². The summed E-state index contributed by atoms with van der Waals surface area (Å²) >= 11 is 0. The van der Waals surface area contributed by atoms with Crippen molar-refractivity contribution in [1.29, 1.82) is 0 Å². The van der Waals surface area contributed by atoms with E-state index < -0.39 is 0 Å². The van der Waals surface area contributed by atoms with Gasteiger partial charge in [-0.3, -0.25) is 0 Å². The van der Waals surface area contributed by atoms with Crippen LogP contribution in [-0.4, -0.2) is 26.4 Å². The molecule has 0 aromatic heterocycles. The lowest BCUT2D eigenvalue weighted by atomic mass is 9.89. The topological polar surface area (TPSA) is 36.9 Å². The summed E-state index contributed by atoms with van der Waals surface area (Å²) in [5, 5.41) is 2.22. The van der Waals surface area contributed by atoms with E-state index in [0.717, 1.165) is 67.2 Å². The molecule has 0 saturated carbocycles. The van der Waals surface area contributed by atoms with E-state index in [2.05, 4.69) is 90.1 Å². The van der Waals surface area contributed by atoms with E-state index in [4.69, 9.17) is 18.9 Å². The third-order valence-electron chi connectivity index (χ3n) is 6.20. The van der Waals surface area contributed by atoms with Crippen LogP contribution in [-0.2, 0) is 0 Å². The summed E-state index contributed by atoms with van der Waals surface area (Å²) in [6.07, 6.45) is 0.0599. The third-order valence-corrected chi connectivity index (χ3v) is 6.20. The summed E-state index contributed by atoms with van der Waals surface area (Å²) in [6.45, 7) is 12.4. The van der Waals surface area contributed by atoms with Crippen molar-refractivity contribution < 1.29 is 18.9 Å². The molecule has 4 heteroatoms. The van der Waals surface area contributed by atoms with Crippen LogP contribution in [0.4, 0.5) is 0 Å². The standard InChI is InChI=1S/C32H36O4/c1-19(2)35-28-15-9-23-10-16-29(36-20(3)4)31(25-12-14-27(34-8)22(6)18-25)32(23)30(28)24-11-13-26(33-7)21(5)17-24/h9-20H,1-8H3. The van der Waals surface area contributed by atoms with E-state index in [1.54, 1.807) is 14.2 Å². The van der Waals surface area contributed by atoms with Crippen LogP contribution < -0.4 is 18.9 Å². The summed E-state index contributed by atoms with van der Waals surface area (Å²) in [5.74, 6) is 3.41. The molecule has 0 bridgehead atoms. The van der Waals surface area contributed by atoms with E-state index in [0.29, 0.717) is 0 Å². The molecule has 4 aromatic carbocycles. The quantitative estimate of drug-likeness (QED) is 0.252. The number of methoxy groups -OCH3 is 2. The van der Waals surface area contributed by atoms with Gasteiger partial charge in [0, 0.05) is 16.5 Å². The maximum atomic E-state index is 6.38. The molecule has 4 aromatic rings. The minimum Gasteiger partial charge on any atom is -0.496 e. The largest absolute Gasteiger partial charge is 0.496 e. The molecule has 0 unspecified atom stereocenters. The number of hydrogen-bond acceptors (Lipinski definition) is 4. The van der Waals surface area contributed by atoms with E-state index >= 15 is 0 Å². The monoisotopic (exact) mass is 484 g/mol. The molecular weight excluding hydrogens is 448 g/mol. The second-order valence-corrected chi connectivity index (χ2v) is 9.68. The molecule has 188 valence electrons. The van der Waals surface area contributed by atoms with Gasteiger partial charge in [-0.25, -0.2) is 0 Å². The minimum absolute atomic E-state index is 0.0299. The van der Waals surface area contributed by atoms with Crippen molar-refractivity contribution in [3.8, 4) is 45.3 Å². The Morgan fingerprint density at radius 1 is 0.528 bits per heavy atom. The fourth-order valence-corrected chi connectivity index (χ4v) is 4.73. The lowest BCUT2D eigenvalue weighted by Gasteiger charge is -2.22. The van der Waals surface area contributed by atoms with Gasteiger partial charge in [0.05, 0.1) is 26.4 Å². The van der Waals surface area contributed by atoms with E-state index in [-0.39, 0.29) is 12.2 Å². The van der Waals surface area contributed by atoms with Gasteiger partial charge in [-0.1, -0.05) is 24.3 Å². The fraction of sp³-hybridized carbons (Fsp3) is 0.312. The zero-order chi connectivity index (χ0) is 26.0. The molecule has 0 saturated heterocycles. The SMILES string of the molecule is COc1ccc(-c2c(OC(C)C)ccc3ccc(OC(C)C)c(-c4ccc(OC)c(C)c4)c23)cc1C. The molecule has 0 radical (unpaired) electrons. The van der Waals surface area contributed by atoms with Crippen LogP contribution in [0.1, 0.15) is 38.8 Å². The number of hydrogen-bond donors (Lipinski definition) is 0. The van der Waals surface area contributed by atoms with Gasteiger partial charge >= 0.3 is 0 Å². The molecule has 0 spiro atoms. The summed E-state index contributed by atoms with van der Waals surface area (Å²) < 4.78 is 23.9. The number of rotatable bonds is 8. The average molecular weight is 485 g/mol. The highest BCUT2D eigenvalue weighted by Crippen LogP contribution is 2.47. The second-order valence-electron chi connectivity index (χ2n) is 9.68. The van der Waals surface area contributed by atoms with Gasteiger partial charge in [-0.05, 0) is 106 Å². The van der Waals surface area contributed by atoms with Crippen molar-refractivity contribution in [2.45, 2.75) is 53.8 Å². The average Bonchev–Trinajstić information content (AvgIpc) is 2.83. The summed E-state index contributed by atoms with van der Waals surface area (Å²) in [5.41, 5.74) is 6.37. The number of fused-ring (bicyclic) bond motifs is 1. The first-order valence-corrected chi connectivity index (χ1v) is 12.5. The first-order chi connectivity index (χ1) is 17.2. The summed E-state index contributed by atoms with van der Waals surface area (Å²) in [4.78, 5) is 0. The van der Waals surface area contributed by atoms with E-state index in [9.17, 15) is 0 Å². The van der Waals surface area contributed by atoms with Crippen LogP contribution in [0.2, 0.25) is 0 Å². The van der Waals surface area contributed by atoms with E-state index in [1.165, 1.54) is 0 Å². The number of aryl methyl sites for hydroxylation is 2. The van der Waals surface area contributed by atoms with Gasteiger partial charge < -0.3 is 18.9 Å². The fourth-order valence-electron chi connectivity index (χ4n) is 4.73. The third kappa shape index (κ3) is 4.99. The number of benzene rings is 4. The van der Waals surface area contributed by atoms with Gasteiger partial charge in [0.1, 0.15) is 23.0 Å². The maximum Gasteiger partial charge on any atom is 0.128 e. The minimum atomic E-state index is 0.0299. The van der Waals surface area contributed by atoms with Crippen LogP contribution in [0.3, 0.4) is 0 Å². The Hall–Kier alpha value is -3.66. The lowest BCUT2D eigenvalue weighted by molar-refractivity contribution is 0.243. The van der Waals surface area contributed by atoms with Gasteiger partial charge in [0.2, 0.25) is 0 Å². The first kappa shape index (κ1) is 25.4. The Bertz CT molecular complexity index is 1280. The van der Waals surface area contributed by atoms with Crippen molar-refractivity contribution >= 4 is 10.8 Å². The summed E-state index contributed by atoms with van der Waals surface area (Å²) in [7, 11) is 3.40. The van der Waals surface area contributed by atoms with Crippen LogP contribution in [0.5, 0.6) is 23.0 Å². The van der Waals surface area contributed by atoms with E-state index in [1.807, 2.05) is 12.1 Å². The zero-order valence-corrected chi connectivity index (χ0v) is 22.6. The second kappa shape index (κ2) is 10.5. The Morgan fingerprint density at radius 3 is 1.25 bits per heavy atom. The van der Waals surface area contributed by atoms with Gasteiger partial charge in [-0.2, -0.15) is 0 Å². The summed E-state index contributed by atoms with van der Waals surface area (Å²) in [6, 6.07) is 21.0. The Kier molecular flexibility index (Phi) is 7.44. The van der Waals surface area contributed by atoms with Crippen molar-refractivity contribution in [2.24, 2.45) is 0 Å². The maximum absolute atomic E-state index is 6.38. The molecule has 0 aliphatic rings. The highest BCUT2D eigenvalue weighted by Gasteiger charge is 2.21. The van der Waals surface area contributed by atoms with Crippen LogP contribution >= 0.6 is 0 Å². The smallest absolute Gasteiger partial charge is 0.128 e. The van der Waals surface area contributed by atoms with Crippen LogP contribution in [0.25, 0.3) is 33.0 Å². The van der Waals surface area contributed by atoms with Crippen LogP contribution in [0, 0.1) is 13.8 Å². The highest BCUT2D eigenvalue weighted by molar-refractivity contribution is 6.10. The molecule has 0 fully saturated rings. The van der Waals surface area contributed by atoms with Gasteiger partial charge in [0.25, 0.3) is 0 Å². The van der Waals surface area contributed by atoms with Crippen LogP contribution in [0.15, 0.2) is 60.7 Å². The molecule has 0 aliphatic carbocycles.